The zero-order chi connectivity index (χ0) is 13.8. The third-order valence-electron chi connectivity index (χ3n) is 2.62. The molecule has 0 fully saturated rings. The second kappa shape index (κ2) is 5.99. The molecule has 0 aliphatic heterocycles. The number of nitrogens with zero attached hydrogens (tertiary/aromatic N) is 1. The van der Waals surface area contributed by atoms with Crippen molar-refractivity contribution in [1.82, 2.24) is 10.3 Å². The van der Waals surface area contributed by atoms with Crippen molar-refractivity contribution in [2.75, 3.05) is 11.9 Å². The molecule has 0 saturated carbocycles. The Morgan fingerprint density at radius 3 is 2.78 bits per heavy atom. The fourth-order valence-electron chi connectivity index (χ4n) is 1.38. The van der Waals surface area contributed by atoms with E-state index in [2.05, 4.69) is 26.2 Å². The number of aromatic amines is 1. The number of rotatable bonds is 6. The summed E-state index contributed by atoms with van der Waals surface area (Å²) in [6.45, 7) is 4.61. The molecule has 0 unspecified atom stereocenters. The van der Waals surface area contributed by atoms with Gasteiger partial charge in [-0.2, -0.15) is 0 Å². The van der Waals surface area contributed by atoms with E-state index in [1.807, 2.05) is 13.8 Å². The highest BCUT2D eigenvalue weighted by molar-refractivity contribution is 9.09. The lowest BCUT2D eigenvalue weighted by atomic mass is 9.90. The summed E-state index contributed by atoms with van der Waals surface area (Å²) in [6.07, 6.45) is 2.14. The number of carbonyl (C=O) groups is 1. The maximum Gasteiger partial charge on any atom is 0.287 e. The number of halogens is 1. The summed E-state index contributed by atoms with van der Waals surface area (Å²) in [7, 11) is 0. The maximum atomic E-state index is 11.8. The van der Waals surface area contributed by atoms with Crippen LogP contribution in [0.15, 0.2) is 12.3 Å². The van der Waals surface area contributed by atoms with Crippen LogP contribution in [0.1, 0.15) is 30.8 Å². The van der Waals surface area contributed by atoms with Gasteiger partial charge in [-0.15, -0.1) is 0 Å². The Balaban J connectivity index is 2.57. The molecule has 0 bridgehead atoms. The molecule has 7 heteroatoms. The molecule has 1 amide bonds. The summed E-state index contributed by atoms with van der Waals surface area (Å²) >= 11 is 3.36. The van der Waals surface area contributed by atoms with Gasteiger partial charge in [0.05, 0.1) is 11.1 Å². The van der Waals surface area contributed by atoms with Crippen LogP contribution in [-0.2, 0) is 0 Å². The molecule has 0 aliphatic carbocycles. The van der Waals surface area contributed by atoms with Gasteiger partial charge in [-0.05, 0) is 11.8 Å². The highest BCUT2D eigenvalue weighted by Crippen LogP contribution is 2.20. The molecule has 0 spiro atoms. The lowest BCUT2D eigenvalue weighted by Crippen LogP contribution is -2.34. The topological polar surface area (TPSA) is 88.0 Å². The van der Waals surface area contributed by atoms with Crippen molar-refractivity contribution in [3.05, 3.63) is 28.1 Å². The number of alkyl halides is 1. The molecule has 0 saturated heterocycles. The van der Waals surface area contributed by atoms with E-state index in [0.29, 0.717) is 6.54 Å². The summed E-state index contributed by atoms with van der Waals surface area (Å²) in [4.78, 5) is 24.3. The monoisotopic (exact) mass is 317 g/mol. The van der Waals surface area contributed by atoms with Gasteiger partial charge in [0, 0.05) is 17.9 Å². The summed E-state index contributed by atoms with van der Waals surface area (Å²) in [6, 6.07) is 1.23. The zero-order valence-corrected chi connectivity index (χ0v) is 11.9. The Hall–Kier alpha value is -1.37. The molecular weight excluding hydrogens is 302 g/mol. The first-order chi connectivity index (χ1) is 8.35. The summed E-state index contributed by atoms with van der Waals surface area (Å²) in [5, 5.41) is 14.1. The predicted molar refractivity (Wildman–Crippen MR) is 72.0 cm³/mol. The normalized spacial score (nSPS) is 11.3. The molecule has 0 aliphatic rings. The molecule has 100 valence electrons. The van der Waals surface area contributed by atoms with E-state index in [9.17, 15) is 14.9 Å². The van der Waals surface area contributed by atoms with Gasteiger partial charge in [-0.3, -0.25) is 14.9 Å². The fraction of sp³-hybridized carbons (Fsp3) is 0.545. The molecule has 2 N–H and O–H groups in total. The zero-order valence-electron chi connectivity index (χ0n) is 10.3. The number of nitro groups is 1. The van der Waals surface area contributed by atoms with Crippen molar-refractivity contribution in [3.8, 4) is 0 Å². The second-order valence-electron chi connectivity index (χ2n) is 4.81. The molecule has 1 heterocycles. The quantitative estimate of drug-likeness (QED) is 0.480. The molecule has 1 rings (SSSR count). The van der Waals surface area contributed by atoms with Gasteiger partial charge in [-0.1, -0.05) is 29.8 Å². The van der Waals surface area contributed by atoms with E-state index in [1.54, 1.807) is 0 Å². The molecule has 6 nitrogen and oxygen atoms in total. The highest BCUT2D eigenvalue weighted by atomic mass is 79.9. The first-order valence-corrected chi connectivity index (χ1v) is 6.65. The Labute approximate surface area is 113 Å². The molecular formula is C11H16BrN3O3. The maximum absolute atomic E-state index is 11.8. The van der Waals surface area contributed by atoms with Crippen LogP contribution in [0.5, 0.6) is 0 Å². The Bertz CT molecular complexity index is 442. The van der Waals surface area contributed by atoms with Gasteiger partial charge >= 0.3 is 0 Å². The largest absolute Gasteiger partial charge is 0.351 e. The lowest BCUT2D eigenvalue weighted by molar-refractivity contribution is -0.384. The van der Waals surface area contributed by atoms with Crippen molar-refractivity contribution in [2.24, 2.45) is 5.41 Å². The minimum absolute atomic E-state index is 0.0162. The van der Waals surface area contributed by atoms with Crippen molar-refractivity contribution >= 4 is 27.5 Å². The summed E-state index contributed by atoms with van der Waals surface area (Å²) in [5.41, 5.74) is 0.0775. The van der Waals surface area contributed by atoms with Gasteiger partial charge in [0.25, 0.3) is 11.6 Å². The average Bonchev–Trinajstić information content (AvgIpc) is 2.75. The van der Waals surface area contributed by atoms with E-state index in [4.69, 9.17) is 0 Å². The minimum atomic E-state index is -0.540. The Morgan fingerprint density at radius 2 is 2.28 bits per heavy atom. The van der Waals surface area contributed by atoms with Crippen LogP contribution < -0.4 is 5.32 Å². The SMILES string of the molecule is CC(C)(CCBr)CNC(=O)c1cc([N+](=O)[O-])c[nH]1. The molecule has 0 radical (unpaired) electrons. The molecule has 1 aromatic heterocycles. The summed E-state index contributed by atoms with van der Waals surface area (Å²) in [5.74, 6) is -0.328. The fourth-order valence-corrected chi connectivity index (χ4v) is 2.45. The number of nitrogens with one attached hydrogen (secondary N) is 2. The average molecular weight is 318 g/mol. The summed E-state index contributed by atoms with van der Waals surface area (Å²) < 4.78 is 0. The van der Waals surface area contributed by atoms with Crippen molar-refractivity contribution in [3.63, 3.8) is 0 Å². The smallest absolute Gasteiger partial charge is 0.287 e. The van der Waals surface area contributed by atoms with Crippen LogP contribution >= 0.6 is 15.9 Å². The van der Waals surface area contributed by atoms with E-state index < -0.39 is 4.92 Å². The highest BCUT2D eigenvalue weighted by Gasteiger charge is 2.20. The third kappa shape index (κ3) is 4.14. The van der Waals surface area contributed by atoms with Gasteiger partial charge in [0.15, 0.2) is 0 Å². The van der Waals surface area contributed by atoms with E-state index in [1.165, 1.54) is 12.3 Å². The number of amides is 1. The number of aromatic nitrogens is 1. The standard InChI is InChI=1S/C11H16BrN3O3/c1-11(2,3-4-12)7-14-10(16)9-5-8(6-13-9)15(17)18/h5-6,13H,3-4,7H2,1-2H3,(H,14,16). The number of carbonyl (C=O) groups excluding carboxylic acids is 1. The van der Waals surface area contributed by atoms with Crippen molar-refractivity contribution in [1.29, 1.82) is 0 Å². The molecule has 18 heavy (non-hydrogen) atoms. The van der Waals surface area contributed by atoms with Crippen LogP contribution in [0.2, 0.25) is 0 Å². The van der Waals surface area contributed by atoms with E-state index in [0.717, 1.165) is 11.8 Å². The molecule has 0 atom stereocenters. The van der Waals surface area contributed by atoms with Gasteiger partial charge in [0.1, 0.15) is 5.69 Å². The van der Waals surface area contributed by atoms with Crippen molar-refractivity contribution < 1.29 is 9.72 Å². The number of H-pyrrole nitrogens is 1. The van der Waals surface area contributed by atoms with E-state index >= 15 is 0 Å². The predicted octanol–water partition coefficient (Wildman–Crippen LogP) is 2.46. The van der Waals surface area contributed by atoms with Crippen LogP contribution in [-0.4, -0.2) is 27.7 Å². The molecule has 0 aromatic carbocycles. The van der Waals surface area contributed by atoms with Gasteiger partial charge in [0.2, 0.25) is 0 Å². The minimum Gasteiger partial charge on any atom is -0.351 e. The first-order valence-electron chi connectivity index (χ1n) is 5.53. The van der Waals surface area contributed by atoms with Crippen LogP contribution in [0.3, 0.4) is 0 Å². The van der Waals surface area contributed by atoms with Gasteiger partial charge < -0.3 is 10.3 Å². The lowest BCUT2D eigenvalue weighted by Gasteiger charge is -2.23. The number of hydrogen-bond donors (Lipinski definition) is 2. The van der Waals surface area contributed by atoms with Crippen LogP contribution in [0.4, 0.5) is 5.69 Å². The second-order valence-corrected chi connectivity index (χ2v) is 5.61. The number of hydrogen-bond acceptors (Lipinski definition) is 3. The van der Waals surface area contributed by atoms with E-state index in [-0.39, 0.29) is 22.7 Å². The Kier molecular flexibility index (Phi) is 4.89. The van der Waals surface area contributed by atoms with Crippen molar-refractivity contribution in [2.45, 2.75) is 20.3 Å². The third-order valence-corrected chi connectivity index (χ3v) is 3.02. The first kappa shape index (κ1) is 14.7. The Morgan fingerprint density at radius 1 is 1.61 bits per heavy atom. The van der Waals surface area contributed by atoms with Gasteiger partial charge in [-0.25, -0.2) is 0 Å². The van der Waals surface area contributed by atoms with Crippen LogP contribution in [0.25, 0.3) is 0 Å². The van der Waals surface area contributed by atoms with Crippen LogP contribution in [0, 0.1) is 15.5 Å². The molecule has 1 aromatic rings.